The van der Waals surface area contributed by atoms with E-state index in [4.69, 9.17) is 4.74 Å². The summed E-state index contributed by atoms with van der Waals surface area (Å²) in [6, 6.07) is 16.4. The third kappa shape index (κ3) is 3.67. The first-order valence-corrected chi connectivity index (χ1v) is 8.53. The first-order valence-electron chi connectivity index (χ1n) is 7.05. The maximum atomic E-state index is 12.5. The molecular formula is C17H21NO3S. The van der Waals surface area contributed by atoms with Crippen molar-refractivity contribution in [3.8, 4) is 5.75 Å². The van der Waals surface area contributed by atoms with Crippen molar-refractivity contribution in [1.82, 2.24) is 4.72 Å². The van der Waals surface area contributed by atoms with E-state index >= 15 is 0 Å². The van der Waals surface area contributed by atoms with Gasteiger partial charge >= 0.3 is 0 Å². The lowest BCUT2D eigenvalue weighted by Gasteiger charge is -2.25. The molecule has 2 aromatic carbocycles. The van der Waals surface area contributed by atoms with Gasteiger partial charge in [0.2, 0.25) is 10.0 Å². The third-order valence-electron chi connectivity index (χ3n) is 3.62. The van der Waals surface area contributed by atoms with Crippen molar-refractivity contribution in [2.45, 2.75) is 24.2 Å². The van der Waals surface area contributed by atoms with Crippen molar-refractivity contribution in [2.24, 2.45) is 0 Å². The average Bonchev–Trinajstić information content (AvgIpc) is 2.54. The fourth-order valence-corrected chi connectivity index (χ4v) is 3.57. The molecule has 0 atom stereocenters. The predicted octanol–water partition coefficient (Wildman–Crippen LogP) is 2.95. The van der Waals surface area contributed by atoms with Gasteiger partial charge in [0.05, 0.1) is 7.11 Å². The van der Waals surface area contributed by atoms with E-state index in [1.54, 1.807) is 18.2 Å². The summed E-state index contributed by atoms with van der Waals surface area (Å²) in [6.45, 7) is 4.32. The zero-order valence-electron chi connectivity index (χ0n) is 13.0. The molecule has 0 unspecified atom stereocenters. The van der Waals surface area contributed by atoms with Crippen LogP contribution in [0.25, 0.3) is 0 Å². The standard InChI is InChI=1S/C17H21NO3S/c1-17(2,14-9-5-4-6-10-14)13-18-22(19,20)16-12-8-7-11-15(16)21-3/h4-12,18H,13H2,1-3H3. The van der Waals surface area contributed by atoms with Crippen LogP contribution in [0.1, 0.15) is 19.4 Å². The lowest BCUT2D eigenvalue weighted by atomic mass is 9.85. The zero-order chi connectivity index (χ0) is 16.2. The Labute approximate surface area is 132 Å². The van der Waals surface area contributed by atoms with E-state index in [9.17, 15) is 8.42 Å². The summed E-state index contributed by atoms with van der Waals surface area (Å²) in [7, 11) is -2.16. The molecule has 5 heteroatoms. The van der Waals surface area contributed by atoms with E-state index in [1.807, 2.05) is 44.2 Å². The zero-order valence-corrected chi connectivity index (χ0v) is 13.9. The van der Waals surface area contributed by atoms with Gasteiger partial charge in [0, 0.05) is 12.0 Å². The summed E-state index contributed by atoms with van der Waals surface area (Å²) in [6.07, 6.45) is 0. The average molecular weight is 319 g/mol. The Hall–Kier alpha value is -1.85. The van der Waals surface area contributed by atoms with E-state index in [0.717, 1.165) is 5.56 Å². The highest BCUT2D eigenvalue weighted by Gasteiger charge is 2.25. The lowest BCUT2D eigenvalue weighted by molar-refractivity contribution is 0.402. The van der Waals surface area contributed by atoms with E-state index in [0.29, 0.717) is 12.3 Å². The molecule has 0 spiro atoms. The number of hydrogen-bond donors (Lipinski definition) is 1. The van der Waals surface area contributed by atoms with Gasteiger partial charge < -0.3 is 4.74 Å². The molecule has 1 N–H and O–H groups in total. The minimum atomic E-state index is -3.62. The van der Waals surface area contributed by atoms with E-state index in [-0.39, 0.29) is 10.3 Å². The van der Waals surface area contributed by atoms with Gasteiger partial charge in [-0.3, -0.25) is 0 Å². The molecule has 0 aliphatic rings. The number of methoxy groups -OCH3 is 1. The molecule has 0 amide bonds. The smallest absolute Gasteiger partial charge is 0.244 e. The van der Waals surface area contributed by atoms with E-state index in [2.05, 4.69) is 4.72 Å². The van der Waals surface area contributed by atoms with Crippen LogP contribution in [0, 0.1) is 0 Å². The van der Waals surface area contributed by atoms with Crippen LogP contribution in [-0.2, 0) is 15.4 Å². The molecule has 118 valence electrons. The van der Waals surface area contributed by atoms with Crippen molar-refractivity contribution >= 4 is 10.0 Å². The summed E-state index contributed by atoms with van der Waals surface area (Å²) in [4.78, 5) is 0.154. The summed E-state index contributed by atoms with van der Waals surface area (Å²) in [5.41, 5.74) is 0.772. The van der Waals surface area contributed by atoms with Crippen LogP contribution in [0.2, 0.25) is 0 Å². The van der Waals surface area contributed by atoms with Crippen LogP contribution >= 0.6 is 0 Å². The number of para-hydroxylation sites is 1. The maximum Gasteiger partial charge on any atom is 0.244 e. The first kappa shape index (κ1) is 16.5. The third-order valence-corrected chi connectivity index (χ3v) is 5.06. The molecule has 4 nitrogen and oxygen atoms in total. The van der Waals surface area contributed by atoms with Crippen LogP contribution < -0.4 is 9.46 Å². The summed E-state index contributed by atoms with van der Waals surface area (Å²) in [5, 5.41) is 0. The van der Waals surface area contributed by atoms with Crippen molar-refractivity contribution in [2.75, 3.05) is 13.7 Å². The topological polar surface area (TPSA) is 55.4 Å². The van der Waals surface area contributed by atoms with Crippen molar-refractivity contribution < 1.29 is 13.2 Å². The number of sulfonamides is 1. The highest BCUT2D eigenvalue weighted by molar-refractivity contribution is 7.89. The fourth-order valence-electron chi connectivity index (χ4n) is 2.19. The molecule has 0 bridgehead atoms. The van der Waals surface area contributed by atoms with Crippen LogP contribution in [0.5, 0.6) is 5.75 Å². The van der Waals surface area contributed by atoms with Gasteiger partial charge in [-0.1, -0.05) is 56.3 Å². The van der Waals surface area contributed by atoms with Crippen LogP contribution in [0.15, 0.2) is 59.5 Å². The van der Waals surface area contributed by atoms with Crippen molar-refractivity contribution in [3.63, 3.8) is 0 Å². The molecule has 0 aliphatic heterocycles. The number of nitrogens with one attached hydrogen (secondary N) is 1. The Balaban J connectivity index is 2.20. The summed E-state index contributed by atoms with van der Waals surface area (Å²) >= 11 is 0. The second-order valence-corrected chi connectivity index (χ2v) is 7.46. The Kier molecular flexibility index (Phi) is 4.88. The van der Waals surface area contributed by atoms with Crippen molar-refractivity contribution in [3.05, 3.63) is 60.2 Å². The SMILES string of the molecule is COc1ccccc1S(=O)(=O)NCC(C)(C)c1ccccc1. The Morgan fingerprint density at radius 3 is 2.23 bits per heavy atom. The van der Waals surface area contributed by atoms with Gasteiger partial charge in [-0.2, -0.15) is 0 Å². The highest BCUT2D eigenvalue weighted by atomic mass is 32.2. The van der Waals surface area contributed by atoms with Gasteiger partial charge in [0.15, 0.2) is 0 Å². The monoisotopic (exact) mass is 319 g/mol. The molecule has 0 aliphatic carbocycles. The van der Waals surface area contributed by atoms with Gasteiger partial charge in [-0.25, -0.2) is 13.1 Å². The number of benzene rings is 2. The number of hydrogen-bond acceptors (Lipinski definition) is 3. The molecule has 0 aromatic heterocycles. The summed E-state index contributed by atoms with van der Waals surface area (Å²) in [5.74, 6) is 0.340. The van der Waals surface area contributed by atoms with E-state index < -0.39 is 10.0 Å². The first-order chi connectivity index (χ1) is 10.4. The van der Waals surface area contributed by atoms with Crippen LogP contribution in [0.4, 0.5) is 0 Å². The number of rotatable bonds is 6. The summed E-state index contributed by atoms with van der Waals surface area (Å²) < 4.78 is 32.8. The highest BCUT2D eigenvalue weighted by Crippen LogP contribution is 2.25. The molecule has 0 heterocycles. The van der Waals surface area contributed by atoms with E-state index in [1.165, 1.54) is 13.2 Å². The fraction of sp³-hybridized carbons (Fsp3) is 0.294. The molecule has 2 aromatic rings. The van der Waals surface area contributed by atoms with Gasteiger partial charge in [0.1, 0.15) is 10.6 Å². The largest absolute Gasteiger partial charge is 0.495 e. The molecule has 0 saturated heterocycles. The Morgan fingerprint density at radius 2 is 1.59 bits per heavy atom. The predicted molar refractivity (Wildman–Crippen MR) is 87.7 cm³/mol. The normalized spacial score (nSPS) is 12.1. The molecule has 0 radical (unpaired) electrons. The van der Waals surface area contributed by atoms with Gasteiger partial charge in [-0.05, 0) is 17.7 Å². The minimum Gasteiger partial charge on any atom is -0.495 e. The molecule has 22 heavy (non-hydrogen) atoms. The second-order valence-electron chi connectivity index (χ2n) is 5.73. The second kappa shape index (κ2) is 6.50. The Bertz CT molecular complexity index is 725. The molecule has 2 rings (SSSR count). The van der Waals surface area contributed by atoms with Crippen molar-refractivity contribution in [1.29, 1.82) is 0 Å². The van der Waals surface area contributed by atoms with Crippen LogP contribution in [-0.4, -0.2) is 22.1 Å². The minimum absolute atomic E-state index is 0.154. The number of ether oxygens (including phenoxy) is 1. The molecule has 0 saturated carbocycles. The molecule has 0 fully saturated rings. The maximum absolute atomic E-state index is 12.5. The molecular weight excluding hydrogens is 298 g/mol. The van der Waals surface area contributed by atoms with Gasteiger partial charge in [0.25, 0.3) is 0 Å². The Morgan fingerprint density at radius 1 is 1.00 bits per heavy atom. The van der Waals surface area contributed by atoms with Crippen LogP contribution in [0.3, 0.4) is 0 Å². The lowest BCUT2D eigenvalue weighted by Crippen LogP contribution is -2.36. The quantitative estimate of drug-likeness (QED) is 0.890. The van der Waals surface area contributed by atoms with Gasteiger partial charge in [-0.15, -0.1) is 0 Å².